The number of carboxylic acids is 1. The van der Waals surface area contributed by atoms with Crippen molar-refractivity contribution in [3.05, 3.63) is 90.8 Å². The molecule has 6 nitrogen and oxygen atoms in total. The summed E-state index contributed by atoms with van der Waals surface area (Å²) < 4.78 is 1.97. The quantitative estimate of drug-likeness (QED) is 0.503. The number of nitrogens with zero attached hydrogens (tertiary/aromatic N) is 2. The van der Waals surface area contributed by atoms with Gasteiger partial charge in [-0.15, -0.1) is 0 Å². The van der Waals surface area contributed by atoms with Crippen molar-refractivity contribution in [3.8, 4) is 5.69 Å². The van der Waals surface area contributed by atoms with Crippen molar-refractivity contribution in [2.75, 3.05) is 5.32 Å². The molecular formula is C24H21N3O3. The van der Waals surface area contributed by atoms with Gasteiger partial charge in [0.2, 0.25) is 5.91 Å². The van der Waals surface area contributed by atoms with Gasteiger partial charge in [-0.3, -0.25) is 14.2 Å². The Bertz CT molecular complexity index is 1200. The molecule has 1 heterocycles. The van der Waals surface area contributed by atoms with Gasteiger partial charge in [-0.05, 0) is 48.9 Å². The lowest BCUT2D eigenvalue weighted by atomic mass is 9.79. The molecule has 1 aromatic heterocycles. The van der Waals surface area contributed by atoms with E-state index in [2.05, 4.69) is 10.3 Å². The van der Waals surface area contributed by atoms with Crippen molar-refractivity contribution in [1.29, 1.82) is 0 Å². The number of amides is 1. The van der Waals surface area contributed by atoms with Gasteiger partial charge in [-0.2, -0.15) is 0 Å². The number of aromatic nitrogens is 2. The number of carbonyl (C=O) groups is 2. The number of fused-ring (bicyclic) bond motifs is 1. The molecule has 0 aliphatic carbocycles. The van der Waals surface area contributed by atoms with Gasteiger partial charge < -0.3 is 10.4 Å². The summed E-state index contributed by atoms with van der Waals surface area (Å²) in [4.78, 5) is 28.9. The molecule has 4 aromatic rings. The Morgan fingerprint density at radius 1 is 0.967 bits per heavy atom. The average Bonchev–Trinajstić information content (AvgIpc) is 3.19. The van der Waals surface area contributed by atoms with Crippen molar-refractivity contribution in [3.63, 3.8) is 0 Å². The molecule has 1 atom stereocenters. The van der Waals surface area contributed by atoms with E-state index in [1.54, 1.807) is 49.6 Å². The predicted octanol–water partition coefficient (Wildman–Crippen LogP) is 4.40. The summed E-state index contributed by atoms with van der Waals surface area (Å²) in [6.07, 6.45) is 1.59. The topological polar surface area (TPSA) is 84.2 Å². The molecular weight excluding hydrogens is 378 g/mol. The number of carbonyl (C=O) groups excluding carboxylic acids is 1. The molecule has 0 spiro atoms. The van der Waals surface area contributed by atoms with Gasteiger partial charge in [0.25, 0.3) is 0 Å². The average molecular weight is 399 g/mol. The highest BCUT2D eigenvalue weighted by Gasteiger charge is 2.37. The van der Waals surface area contributed by atoms with Crippen molar-refractivity contribution in [2.45, 2.75) is 18.8 Å². The zero-order valence-electron chi connectivity index (χ0n) is 16.4. The lowest BCUT2D eigenvalue weighted by Gasteiger charge is -2.24. The standard InChI is InChI=1S/C24H21N3O3/c1-24(23(29)30,17-7-3-2-4-8-17)15-22(28)26-18-11-13-19(14-12-18)27-16-25-20-9-5-6-10-21(20)27/h2-14,16H,15H2,1H3,(H,26,28)(H,29,30). The van der Waals surface area contributed by atoms with Gasteiger partial charge >= 0.3 is 5.97 Å². The minimum absolute atomic E-state index is 0.166. The van der Waals surface area contributed by atoms with Crippen LogP contribution in [0.1, 0.15) is 18.9 Å². The molecule has 0 radical (unpaired) electrons. The highest BCUT2D eigenvalue weighted by atomic mass is 16.4. The summed E-state index contributed by atoms with van der Waals surface area (Å²) in [5, 5.41) is 12.5. The summed E-state index contributed by atoms with van der Waals surface area (Å²) in [6.45, 7) is 1.57. The van der Waals surface area contributed by atoms with Crippen molar-refractivity contribution in [1.82, 2.24) is 9.55 Å². The lowest BCUT2D eigenvalue weighted by molar-refractivity contribution is -0.145. The van der Waals surface area contributed by atoms with E-state index >= 15 is 0 Å². The van der Waals surface area contributed by atoms with E-state index in [1.807, 2.05) is 47.0 Å². The number of rotatable bonds is 6. The molecule has 2 N–H and O–H groups in total. The first kappa shape index (κ1) is 19.4. The molecule has 3 aromatic carbocycles. The normalized spacial score (nSPS) is 13.0. The van der Waals surface area contributed by atoms with Crippen LogP contribution in [0, 0.1) is 0 Å². The largest absolute Gasteiger partial charge is 0.481 e. The molecule has 150 valence electrons. The number of benzene rings is 3. The minimum Gasteiger partial charge on any atom is -0.481 e. The fraction of sp³-hybridized carbons (Fsp3) is 0.125. The highest BCUT2D eigenvalue weighted by Crippen LogP contribution is 2.29. The van der Waals surface area contributed by atoms with Crippen LogP contribution in [0.15, 0.2) is 85.2 Å². The van der Waals surface area contributed by atoms with Gasteiger partial charge in [0, 0.05) is 17.8 Å². The molecule has 0 bridgehead atoms. The molecule has 30 heavy (non-hydrogen) atoms. The number of carboxylic acid groups (broad SMARTS) is 1. The second-order valence-electron chi connectivity index (χ2n) is 7.38. The molecule has 0 aliphatic heterocycles. The number of para-hydroxylation sites is 2. The van der Waals surface area contributed by atoms with Crippen LogP contribution < -0.4 is 5.32 Å². The van der Waals surface area contributed by atoms with E-state index in [0.29, 0.717) is 11.3 Å². The number of nitrogens with one attached hydrogen (secondary N) is 1. The minimum atomic E-state index is -1.30. The first-order valence-corrected chi connectivity index (χ1v) is 9.59. The first-order chi connectivity index (χ1) is 14.5. The van der Waals surface area contributed by atoms with E-state index in [0.717, 1.165) is 16.7 Å². The summed E-state index contributed by atoms with van der Waals surface area (Å²) >= 11 is 0. The van der Waals surface area contributed by atoms with Crippen LogP contribution in [0.3, 0.4) is 0 Å². The fourth-order valence-corrected chi connectivity index (χ4v) is 3.50. The number of hydrogen-bond donors (Lipinski definition) is 2. The summed E-state index contributed by atoms with van der Waals surface area (Å²) in [5.41, 5.74) is 2.71. The van der Waals surface area contributed by atoms with Gasteiger partial charge in [-0.25, -0.2) is 4.98 Å². The van der Waals surface area contributed by atoms with E-state index in [4.69, 9.17) is 0 Å². The Kier molecular flexibility index (Phi) is 5.06. The van der Waals surface area contributed by atoms with Gasteiger partial charge in [0.1, 0.15) is 6.33 Å². The smallest absolute Gasteiger partial charge is 0.314 e. The van der Waals surface area contributed by atoms with Crippen LogP contribution >= 0.6 is 0 Å². The van der Waals surface area contributed by atoms with E-state index in [1.165, 1.54) is 0 Å². The zero-order valence-corrected chi connectivity index (χ0v) is 16.4. The number of hydrogen-bond acceptors (Lipinski definition) is 3. The lowest BCUT2D eigenvalue weighted by Crippen LogP contribution is -2.36. The van der Waals surface area contributed by atoms with Gasteiger partial charge in [0.15, 0.2) is 0 Å². The SMILES string of the molecule is CC(CC(=O)Nc1ccc(-n2cnc3ccccc32)cc1)(C(=O)O)c1ccccc1. The molecule has 0 aliphatic rings. The maximum absolute atomic E-state index is 12.6. The molecule has 1 unspecified atom stereocenters. The maximum atomic E-state index is 12.6. The Morgan fingerprint density at radius 3 is 2.33 bits per heavy atom. The third-order valence-corrected chi connectivity index (χ3v) is 5.28. The van der Waals surface area contributed by atoms with Crippen LogP contribution in [-0.2, 0) is 15.0 Å². The third kappa shape index (κ3) is 3.67. The predicted molar refractivity (Wildman–Crippen MR) is 116 cm³/mol. The molecule has 0 saturated carbocycles. The van der Waals surface area contributed by atoms with Crippen molar-refractivity contribution >= 4 is 28.6 Å². The summed E-state index contributed by atoms with van der Waals surface area (Å²) in [7, 11) is 0. The van der Waals surface area contributed by atoms with E-state index in [9.17, 15) is 14.7 Å². The number of aliphatic carboxylic acids is 1. The third-order valence-electron chi connectivity index (χ3n) is 5.28. The Hall–Kier alpha value is -3.93. The molecule has 4 rings (SSSR count). The van der Waals surface area contributed by atoms with Crippen molar-refractivity contribution in [2.24, 2.45) is 0 Å². The maximum Gasteiger partial charge on any atom is 0.314 e. The van der Waals surface area contributed by atoms with Crippen LogP contribution in [0.2, 0.25) is 0 Å². The zero-order chi connectivity index (χ0) is 21.1. The van der Waals surface area contributed by atoms with E-state index in [-0.39, 0.29) is 12.3 Å². The van der Waals surface area contributed by atoms with Gasteiger partial charge in [0.05, 0.1) is 16.4 Å². The number of imidazole rings is 1. The molecule has 6 heteroatoms. The molecule has 0 saturated heterocycles. The monoisotopic (exact) mass is 399 g/mol. The highest BCUT2D eigenvalue weighted by molar-refractivity contribution is 5.96. The van der Waals surface area contributed by atoms with Gasteiger partial charge in [-0.1, -0.05) is 42.5 Å². The van der Waals surface area contributed by atoms with Crippen LogP contribution in [0.25, 0.3) is 16.7 Å². The fourth-order valence-electron chi connectivity index (χ4n) is 3.50. The summed E-state index contributed by atoms with van der Waals surface area (Å²) in [5.74, 6) is -1.39. The molecule has 0 fully saturated rings. The van der Waals surface area contributed by atoms with Crippen LogP contribution in [0.4, 0.5) is 5.69 Å². The Labute approximate surface area is 173 Å². The van der Waals surface area contributed by atoms with Crippen molar-refractivity contribution < 1.29 is 14.7 Å². The second kappa shape index (κ2) is 7.83. The second-order valence-corrected chi connectivity index (χ2v) is 7.38. The van der Waals surface area contributed by atoms with Crippen LogP contribution in [0.5, 0.6) is 0 Å². The Balaban J connectivity index is 1.50. The first-order valence-electron chi connectivity index (χ1n) is 9.59. The molecule has 1 amide bonds. The number of anilines is 1. The van der Waals surface area contributed by atoms with Crippen LogP contribution in [-0.4, -0.2) is 26.5 Å². The summed E-state index contributed by atoms with van der Waals surface area (Å²) in [6, 6.07) is 24.0. The van der Waals surface area contributed by atoms with E-state index < -0.39 is 11.4 Å². The Morgan fingerprint density at radius 2 is 1.63 bits per heavy atom.